The molecule has 0 bridgehead atoms. The van der Waals surface area contributed by atoms with Gasteiger partial charge in [-0.15, -0.1) is 0 Å². The average Bonchev–Trinajstić information content (AvgIpc) is 3.58. The van der Waals surface area contributed by atoms with Crippen LogP contribution in [0.2, 0.25) is 0 Å². The molecule has 0 amide bonds. The minimum atomic E-state index is -0.613. The summed E-state index contributed by atoms with van der Waals surface area (Å²) in [6, 6.07) is 0. The van der Waals surface area contributed by atoms with E-state index < -0.39 is 12.1 Å². The minimum absolute atomic E-state index is 0.115. The van der Waals surface area contributed by atoms with E-state index in [9.17, 15) is 14.7 Å². The lowest BCUT2D eigenvalue weighted by Crippen LogP contribution is -2.60. The first-order valence-corrected chi connectivity index (χ1v) is 15.3. The highest BCUT2D eigenvalue weighted by Gasteiger charge is 2.65. The summed E-state index contributed by atoms with van der Waals surface area (Å²) in [5.74, 6) is 4.23. The van der Waals surface area contributed by atoms with Crippen molar-refractivity contribution in [1.82, 2.24) is 0 Å². The zero-order chi connectivity index (χ0) is 26.4. The number of aliphatic carboxylic acids is 1. The van der Waals surface area contributed by atoms with Crippen molar-refractivity contribution in [1.29, 1.82) is 0 Å². The van der Waals surface area contributed by atoms with E-state index in [1.807, 2.05) is 0 Å². The van der Waals surface area contributed by atoms with Crippen molar-refractivity contribution in [3.05, 3.63) is 0 Å². The van der Waals surface area contributed by atoms with Gasteiger partial charge in [-0.2, -0.15) is 0 Å². The Balaban J connectivity index is 0.000000237. The van der Waals surface area contributed by atoms with Crippen LogP contribution in [0.3, 0.4) is 0 Å². The van der Waals surface area contributed by atoms with Crippen LogP contribution in [-0.2, 0) is 19.0 Å². The SMILES string of the molecule is CC1CCCC2(C)C1CCC1(C)C3CCC4(C(=O)O)CCCC4C3CCC21.CCOC(=O)OCC1CO1. The number of carbonyl (C=O) groups excluding carboxylic acids is 1. The quantitative estimate of drug-likeness (QED) is 0.316. The lowest BCUT2D eigenvalue weighted by atomic mass is 9.38. The molecule has 6 aliphatic rings. The van der Waals surface area contributed by atoms with E-state index in [0.717, 1.165) is 42.9 Å². The van der Waals surface area contributed by atoms with E-state index in [1.165, 1.54) is 57.8 Å². The third-order valence-electron chi connectivity index (χ3n) is 12.4. The van der Waals surface area contributed by atoms with Crippen molar-refractivity contribution in [2.45, 2.75) is 111 Å². The summed E-state index contributed by atoms with van der Waals surface area (Å²) >= 11 is 0. The van der Waals surface area contributed by atoms with E-state index in [-0.39, 0.29) is 11.5 Å². The lowest BCUT2D eigenvalue weighted by Gasteiger charge is -2.67. The molecule has 1 N–H and O–H groups in total. The molecule has 5 aliphatic carbocycles. The van der Waals surface area contributed by atoms with Crippen LogP contribution in [0, 0.1) is 51.8 Å². The van der Waals surface area contributed by atoms with Gasteiger partial charge in [0.2, 0.25) is 0 Å². The maximum absolute atomic E-state index is 12.3. The van der Waals surface area contributed by atoms with Gasteiger partial charge in [0.05, 0.1) is 18.6 Å². The maximum Gasteiger partial charge on any atom is 0.508 e. The Morgan fingerprint density at radius 1 is 0.865 bits per heavy atom. The van der Waals surface area contributed by atoms with E-state index in [4.69, 9.17) is 4.74 Å². The number of rotatable bonds is 4. The van der Waals surface area contributed by atoms with Crippen molar-refractivity contribution in [3.63, 3.8) is 0 Å². The summed E-state index contributed by atoms with van der Waals surface area (Å²) in [4.78, 5) is 22.7. The second kappa shape index (κ2) is 10.4. The Labute approximate surface area is 223 Å². The molecule has 1 saturated heterocycles. The molecule has 0 aromatic heterocycles. The average molecular weight is 519 g/mol. The van der Waals surface area contributed by atoms with E-state index in [1.54, 1.807) is 6.92 Å². The van der Waals surface area contributed by atoms with Crippen LogP contribution in [0.5, 0.6) is 0 Å². The molecule has 37 heavy (non-hydrogen) atoms. The molecule has 6 fully saturated rings. The second-order valence-corrected chi connectivity index (χ2v) is 13.9. The predicted molar refractivity (Wildman–Crippen MR) is 141 cm³/mol. The molecule has 6 nitrogen and oxygen atoms in total. The fourth-order valence-corrected chi connectivity index (χ4v) is 10.8. The molecule has 0 aromatic rings. The van der Waals surface area contributed by atoms with Gasteiger partial charge in [0.15, 0.2) is 0 Å². The van der Waals surface area contributed by atoms with Crippen LogP contribution in [0.4, 0.5) is 4.79 Å². The Morgan fingerprint density at radius 2 is 1.57 bits per heavy atom. The number of carboxylic acid groups (broad SMARTS) is 1. The van der Waals surface area contributed by atoms with Gasteiger partial charge < -0.3 is 19.3 Å². The van der Waals surface area contributed by atoms with Gasteiger partial charge in [0.1, 0.15) is 12.7 Å². The number of carbonyl (C=O) groups is 2. The number of carboxylic acids is 1. The minimum Gasteiger partial charge on any atom is -0.481 e. The number of hydrogen-bond donors (Lipinski definition) is 1. The molecule has 5 saturated carbocycles. The van der Waals surface area contributed by atoms with Crippen molar-refractivity contribution in [2.24, 2.45) is 51.8 Å². The first-order chi connectivity index (χ1) is 17.7. The largest absolute Gasteiger partial charge is 0.508 e. The lowest BCUT2D eigenvalue weighted by molar-refractivity contribution is -0.190. The van der Waals surface area contributed by atoms with E-state index >= 15 is 0 Å². The molecule has 10 unspecified atom stereocenters. The highest BCUT2D eigenvalue weighted by atomic mass is 16.7. The smallest absolute Gasteiger partial charge is 0.481 e. The molecule has 0 spiro atoms. The molecule has 1 aliphatic heterocycles. The van der Waals surface area contributed by atoms with Gasteiger partial charge in [-0.1, -0.05) is 40.0 Å². The van der Waals surface area contributed by atoms with Crippen molar-refractivity contribution >= 4 is 12.1 Å². The van der Waals surface area contributed by atoms with E-state index in [2.05, 4.69) is 30.2 Å². The molecule has 1 heterocycles. The van der Waals surface area contributed by atoms with Gasteiger partial charge in [-0.25, -0.2) is 4.79 Å². The van der Waals surface area contributed by atoms with Gasteiger partial charge in [-0.3, -0.25) is 4.79 Å². The summed E-state index contributed by atoms with van der Waals surface area (Å²) in [5.41, 5.74) is 0.663. The Bertz CT molecular complexity index is 855. The topological polar surface area (TPSA) is 85.4 Å². The molecule has 0 aromatic carbocycles. The van der Waals surface area contributed by atoms with Crippen LogP contribution >= 0.6 is 0 Å². The van der Waals surface area contributed by atoms with Gasteiger partial charge in [0, 0.05) is 0 Å². The monoisotopic (exact) mass is 518 g/mol. The van der Waals surface area contributed by atoms with Gasteiger partial charge >= 0.3 is 12.1 Å². The normalized spacial score (nSPS) is 47.6. The highest BCUT2D eigenvalue weighted by Crippen LogP contribution is 2.71. The molecule has 0 radical (unpaired) electrons. The Kier molecular flexibility index (Phi) is 7.63. The van der Waals surface area contributed by atoms with Crippen molar-refractivity contribution < 1.29 is 28.9 Å². The van der Waals surface area contributed by atoms with Gasteiger partial charge in [0.25, 0.3) is 0 Å². The number of ether oxygens (including phenoxy) is 3. The first-order valence-electron chi connectivity index (χ1n) is 15.3. The van der Waals surface area contributed by atoms with Crippen molar-refractivity contribution in [3.8, 4) is 0 Å². The fraction of sp³-hybridized carbons (Fsp3) is 0.935. The van der Waals surface area contributed by atoms with Crippen LogP contribution < -0.4 is 0 Å². The third kappa shape index (κ3) is 4.72. The zero-order valence-electron chi connectivity index (χ0n) is 23.6. The standard InChI is InChI=1S/C25H40O2.C6H10O4/c1-16-6-4-12-23(2)18(16)10-14-24(3)19-11-15-25(22(26)27)13-5-7-20(25)17(19)8-9-21(23)24;1-2-8-6(7)10-4-5-3-9-5/h16-21H,4-15H2,1-3H3,(H,26,27);5H,2-4H2,1H3. The summed E-state index contributed by atoms with van der Waals surface area (Å²) in [5, 5.41) is 10.1. The van der Waals surface area contributed by atoms with Crippen LogP contribution in [0.25, 0.3) is 0 Å². The number of epoxide rings is 1. The summed E-state index contributed by atoms with van der Waals surface area (Å²) in [6.07, 6.45) is 14.8. The summed E-state index contributed by atoms with van der Waals surface area (Å²) < 4.78 is 13.9. The fourth-order valence-electron chi connectivity index (χ4n) is 10.8. The molecule has 6 rings (SSSR count). The molecular weight excluding hydrogens is 468 g/mol. The molecule has 10 atom stereocenters. The second-order valence-electron chi connectivity index (χ2n) is 13.9. The first kappa shape index (κ1) is 27.3. The number of hydrogen-bond acceptors (Lipinski definition) is 5. The molecule has 210 valence electrons. The predicted octanol–water partition coefficient (Wildman–Crippen LogP) is 7.09. The van der Waals surface area contributed by atoms with Crippen LogP contribution in [0.1, 0.15) is 105 Å². The van der Waals surface area contributed by atoms with Crippen LogP contribution in [0.15, 0.2) is 0 Å². The molecule has 6 heteroatoms. The maximum atomic E-state index is 12.3. The molecular formula is C31H50O6. The van der Waals surface area contributed by atoms with Crippen LogP contribution in [-0.4, -0.2) is 43.2 Å². The Morgan fingerprint density at radius 3 is 2.27 bits per heavy atom. The van der Waals surface area contributed by atoms with Gasteiger partial charge in [-0.05, 0) is 111 Å². The third-order valence-corrected chi connectivity index (χ3v) is 12.4. The summed E-state index contributed by atoms with van der Waals surface area (Å²) in [6.45, 7) is 10.9. The van der Waals surface area contributed by atoms with Crippen molar-refractivity contribution in [2.75, 3.05) is 19.8 Å². The highest BCUT2D eigenvalue weighted by molar-refractivity contribution is 5.75. The number of fused-ring (bicyclic) bond motifs is 7. The van der Waals surface area contributed by atoms with E-state index in [0.29, 0.717) is 42.5 Å². The zero-order valence-corrected chi connectivity index (χ0v) is 23.6. The summed E-state index contributed by atoms with van der Waals surface area (Å²) in [7, 11) is 0. The Hall–Kier alpha value is -1.30.